The van der Waals surface area contributed by atoms with Gasteiger partial charge < -0.3 is 14.8 Å². The number of aryl methyl sites for hydroxylation is 1. The number of pyridine rings is 1. The Morgan fingerprint density at radius 1 is 1.15 bits per heavy atom. The molecule has 0 saturated heterocycles. The van der Waals surface area contributed by atoms with Gasteiger partial charge in [0.2, 0.25) is 0 Å². The number of nitrogens with zero attached hydrogens (tertiary/aromatic N) is 2. The van der Waals surface area contributed by atoms with E-state index in [-0.39, 0.29) is 23.8 Å². The van der Waals surface area contributed by atoms with E-state index in [1.165, 1.54) is 43.4 Å². The van der Waals surface area contributed by atoms with E-state index in [0.29, 0.717) is 17.1 Å². The maximum atomic E-state index is 12.1. The molecule has 2 heterocycles. The van der Waals surface area contributed by atoms with Crippen LogP contribution in [0.25, 0.3) is 10.9 Å². The molecule has 6 nitrogen and oxygen atoms in total. The van der Waals surface area contributed by atoms with Crippen LogP contribution in [0.3, 0.4) is 0 Å². The third kappa shape index (κ3) is 4.95. The first-order chi connectivity index (χ1) is 16.4. The Morgan fingerprint density at radius 2 is 2.00 bits per heavy atom. The molecule has 1 atom stereocenters. The summed E-state index contributed by atoms with van der Waals surface area (Å²) in [6.07, 6.45) is 10.0. The van der Waals surface area contributed by atoms with Gasteiger partial charge in [-0.3, -0.25) is 0 Å². The molecule has 1 aromatic carbocycles. The van der Waals surface area contributed by atoms with Crippen molar-refractivity contribution in [2.45, 2.75) is 71.3 Å². The summed E-state index contributed by atoms with van der Waals surface area (Å²) in [7, 11) is 0. The Morgan fingerprint density at radius 3 is 2.76 bits per heavy atom. The number of hydrogen-bond donors (Lipinski definition) is 2. The zero-order valence-electron chi connectivity index (χ0n) is 20.1. The molecule has 33 heavy (non-hydrogen) atoms. The topological polar surface area (TPSA) is 92.4 Å². The average Bonchev–Trinajstić information content (AvgIpc) is 2.95. The van der Waals surface area contributed by atoms with Gasteiger partial charge in [0.1, 0.15) is 5.69 Å². The molecular formula is C27H32N2O4. The summed E-state index contributed by atoms with van der Waals surface area (Å²) < 4.78 is 10.3. The number of carboxylic acids is 2. The number of rotatable bonds is 9. The maximum Gasteiger partial charge on any atom is 0.354 e. The Balaban J connectivity index is 1.82. The smallest absolute Gasteiger partial charge is 0.354 e. The number of hydrogen-bond acceptors (Lipinski definition) is 3. The minimum absolute atomic E-state index is 0.110. The van der Waals surface area contributed by atoms with E-state index in [2.05, 4.69) is 11.9 Å². The quantitative estimate of drug-likeness (QED) is 0.311. The van der Waals surface area contributed by atoms with Crippen LogP contribution in [0.5, 0.6) is 0 Å². The summed E-state index contributed by atoms with van der Waals surface area (Å²) in [5.41, 5.74) is 3.41. The lowest BCUT2D eigenvalue weighted by Crippen LogP contribution is -2.13. The monoisotopic (exact) mass is 449 g/mol. The van der Waals surface area contributed by atoms with Crippen molar-refractivity contribution in [2.75, 3.05) is 0 Å². The van der Waals surface area contributed by atoms with Crippen LogP contribution >= 0.6 is 0 Å². The maximum absolute atomic E-state index is 12.1. The number of carbonyl (C=O) groups is 2. The highest BCUT2D eigenvalue weighted by Crippen LogP contribution is 2.36. The first-order valence-corrected chi connectivity index (χ1v) is 12.0. The zero-order chi connectivity index (χ0) is 24.2. The molecule has 1 aliphatic carbocycles. The van der Waals surface area contributed by atoms with Crippen molar-refractivity contribution in [3.63, 3.8) is 0 Å². The molecular weight excluding hydrogens is 416 g/mol. The van der Waals surface area contributed by atoms with Gasteiger partial charge in [-0.2, -0.15) is 0 Å². The van der Waals surface area contributed by atoms with Crippen LogP contribution in [0.4, 0.5) is 0 Å². The van der Waals surface area contributed by atoms with Gasteiger partial charge in [-0.25, -0.2) is 14.6 Å². The SMILES string of the molecule is [2H]c1ccc(C(=O)O)nc1Cn1c2c(c3cccc(C(=O)O)c31)CCCC(CCCCCC)C2. The molecule has 3 aromatic rings. The Bertz CT molecular complexity index is 1220. The Kier molecular flexibility index (Phi) is 6.70. The van der Waals surface area contributed by atoms with E-state index in [9.17, 15) is 19.8 Å². The number of fused-ring (bicyclic) bond motifs is 3. The molecule has 2 N–H and O–H groups in total. The van der Waals surface area contributed by atoms with E-state index in [1.54, 1.807) is 12.1 Å². The predicted molar refractivity (Wildman–Crippen MR) is 128 cm³/mol. The van der Waals surface area contributed by atoms with Gasteiger partial charge in [-0.1, -0.05) is 57.2 Å². The van der Waals surface area contributed by atoms with Crippen LogP contribution < -0.4 is 0 Å². The number of carboxylic acid groups (broad SMARTS) is 2. The minimum atomic E-state index is -1.14. The van der Waals surface area contributed by atoms with Crippen molar-refractivity contribution in [3.8, 4) is 0 Å². The van der Waals surface area contributed by atoms with Crippen molar-refractivity contribution < 1.29 is 21.2 Å². The van der Waals surface area contributed by atoms with Gasteiger partial charge in [-0.05, 0) is 55.3 Å². The Labute approximate surface area is 195 Å². The van der Waals surface area contributed by atoms with E-state index >= 15 is 0 Å². The van der Waals surface area contributed by atoms with Crippen LogP contribution in [0.2, 0.25) is 0 Å². The van der Waals surface area contributed by atoms with Crippen molar-refractivity contribution in [1.29, 1.82) is 0 Å². The molecule has 0 fully saturated rings. The first-order valence-electron chi connectivity index (χ1n) is 12.5. The fraction of sp³-hybridized carbons (Fsp3) is 0.444. The lowest BCUT2D eigenvalue weighted by Gasteiger charge is -2.18. The largest absolute Gasteiger partial charge is 0.478 e. The van der Waals surface area contributed by atoms with Crippen LogP contribution in [-0.2, 0) is 19.4 Å². The predicted octanol–water partition coefficient (Wildman–Crippen LogP) is 5.95. The van der Waals surface area contributed by atoms with Crippen molar-refractivity contribution >= 4 is 22.8 Å². The van der Waals surface area contributed by atoms with E-state index in [4.69, 9.17) is 1.37 Å². The number of aromatic carboxylic acids is 2. The van der Waals surface area contributed by atoms with Gasteiger partial charge in [0.15, 0.2) is 0 Å². The summed E-state index contributed by atoms with van der Waals surface area (Å²) in [6, 6.07) is 8.33. The molecule has 4 rings (SSSR count). The molecule has 0 bridgehead atoms. The number of unbranched alkanes of at least 4 members (excludes halogenated alkanes) is 3. The van der Waals surface area contributed by atoms with E-state index in [0.717, 1.165) is 43.2 Å². The fourth-order valence-corrected chi connectivity index (χ4v) is 5.22. The van der Waals surface area contributed by atoms with Crippen molar-refractivity contribution in [2.24, 2.45) is 5.92 Å². The molecule has 0 amide bonds. The second-order valence-electron chi connectivity index (χ2n) is 9.06. The summed E-state index contributed by atoms with van der Waals surface area (Å²) >= 11 is 0. The van der Waals surface area contributed by atoms with Gasteiger partial charge in [0.05, 0.1) is 24.7 Å². The van der Waals surface area contributed by atoms with Crippen LogP contribution in [0.1, 0.15) is 91.0 Å². The summed E-state index contributed by atoms with van der Waals surface area (Å²) in [4.78, 5) is 27.9. The second-order valence-corrected chi connectivity index (χ2v) is 9.06. The first kappa shape index (κ1) is 21.7. The lowest BCUT2D eigenvalue weighted by atomic mass is 9.93. The number of aromatic nitrogens is 2. The molecule has 1 aliphatic rings. The summed E-state index contributed by atoms with van der Waals surface area (Å²) in [5.74, 6) is -1.60. The summed E-state index contributed by atoms with van der Waals surface area (Å²) in [6.45, 7) is 2.39. The van der Waals surface area contributed by atoms with Crippen molar-refractivity contribution in [1.82, 2.24) is 9.55 Å². The third-order valence-electron chi connectivity index (χ3n) is 6.80. The second kappa shape index (κ2) is 10.2. The van der Waals surface area contributed by atoms with Gasteiger partial charge in [0.25, 0.3) is 0 Å². The van der Waals surface area contributed by atoms with E-state index in [1.807, 2.05) is 10.6 Å². The molecule has 2 aromatic heterocycles. The highest BCUT2D eigenvalue weighted by molar-refractivity contribution is 6.04. The normalized spacial score (nSPS) is 16.3. The lowest BCUT2D eigenvalue weighted by molar-refractivity contribution is 0.0683. The van der Waals surface area contributed by atoms with Crippen LogP contribution in [-0.4, -0.2) is 31.7 Å². The molecule has 1 unspecified atom stereocenters. The molecule has 0 spiro atoms. The minimum Gasteiger partial charge on any atom is -0.478 e. The Hall–Kier alpha value is -3.15. The number of para-hydroxylation sites is 1. The molecule has 174 valence electrons. The fourth-order valence-electron chi connectivity index (χ4n) is 5.22. The van der Waals surface area contributed by atoms with Gasteiger partial charge in [0, 0.05) is 11.1 Å². The van der Waals surface area contributed by atoms with Crippen LogP contribution in [0.15, 0.2) is 36.4 Å². The third-order valence-corrected chi connectivity index (χ3v) is 6.80. The van der Waals surface area contributed by atoms with Crippen LogP contribution in [0, 0.1) is 5.92 Å². The summed E-state index contributed by atoms with van der Waals surface area (Å²) in [5, 5.41) is 20.3. The number of benzene rings is 1. The molecule has 0 aliphatic heterocycles. The standard InChI is InChI=1S/C27H32N2O4/c1-2-3-4-5-9-18-10-6-12-20-21-13-8-14-22(26(30)31)25(21)29(24(20)16-18)17-19-11-7-15-23(28-19)27(32)33/h7-8,11,13-15,18H,2-6,9-10,12,16-17H2,1H3,(H,30,31)(H,32,33)/i11D. The van der Waals surface area contributed by atoms with E-state index < -0.39 is 11.9 Å². The van der Waals surface area contributed by atoms with Crippen molar-refractivity contribution in [3.05, 3.63) is 64.6 Å². The zero-order valence-corrected chi connectivity index (χ0v) is 19.1. The van der Waals surface area contributed by atoms with Gasteiger partial charge in [-0.15, -0.1) is 0 Å². The highest BCUT2D eigenvalue weighted by atomic mass is 16.4. The molecule has 0 saturated carbocycles. The van der Waals surface area contributed by atoms with Gasteiger partial charge >= 0.3 is 11.9 Å². The molecule has 0 radical (unpaired) electrons. The highest BCUT2D eigenvalue weighted by Gasteiger charge is 2.26. The average molecular weight is 450 g/mol. The molecule has 6 heteroatoms.